The van der Waals surface area contributed by atoms with Crippen molar-refractivity contribution in [1.29, 1.82) is 0 Å². The summed E-state index contributed by atoms with van der Waals surface area (Å²) in [5, 5.41) is 35.0. The van der Waals surface area contributed by atoms with Gasteiger partial charge in [-0.15, -0.1) is 0 Å². The Bertz CT molecular complexity index is 1050. The van der Waals surface area contributed by atoms with Crippen LogP contribution in [0.3, 0.4) is 0 Å². The molecule has 12 atom stereocenters. The first-order chi connectivity index (χ1) is 20.2. The molecule has 0 aromatic heterocycles. The molecular weight excluding hydrogens is 578 g/mol. The van der Waals surface area contributed by atoms with Crippen molar-refractivity contribution in [2.45, 2.75) is 176 Å². The van der Waals surface area contributed by atoms with Crippen molar-refractivity contribution in [1.82, 2.24) is 4.84 Å². The Morgan fingerprint density at radius 3 is 2.16 bits per heavy atom. The fraction of sp³-hybridized carbons (Fsp3) is 0.972. The van der Waals surface area contributed by atoms with Crippen molar-refractivity contribution in [2.24, 2.45) is 44.8 Å². The molecule has 0 aromatic carbocycles. The largest absolute Gasteiger partial charge is 0.461 e. The molecule has 4 aliphatic carbocycles. The molecule has 0 radical (unpaired) electrons. The zero-order valence-corrected chi connectivity index (χ0v) is 30.3. The van der Waals surface area contributed by atoms with E-state index in [1.807, 2.05) is 27.7 Å². The van der Waals surface area contributed by atoms with E-state index in [4.69, 9.17) is 21.3 Å². The summed E-state index contributed by atoms with van der Waals surface area (Å²) in [6.45, 7) is 23.3. The molecule has 0 spiro atoms. The van der Waals surface area contributed by atoms with Crippen molar-refractivity contribution < 1.29 is 29.6 Å². The van der Waals surface area contributed by atoms with Crippen molar-refractivity contribution in [3.8, 4) is 0 Å². The molecule has 0 amide bonds. The van der Waals surface area contributed by atoms with Gasteiger partial charge in [0, 0.05) is 16.2 Å². The maximum atomic E-state index is 13.2. The Kier molecular flexibility index (Phi) is 10.1. The Morgan fingerprint density at radius 1 is 1.00 bits per heavy atom. The number of unbranched alkanes of at least 4 members (excludes halogenated alkanes) is 1. The van der Waals surface area contributed by atoms with E-state index in [1.165, 1.54) is 0 Å². The Balaban J connectivity index is 1.65. The number of esters is 1. The van der Waals surface area contributed by atoms with Gasteiger partial charge in [0.2, 0.25) is 0 Å². The van der Waals surface area contributed by atoms with E-state index in [0.717, 1.165) is 44.9 Å². The number of aliphatic hydroxyl groups excluding tert-OH is 2. The number of fused-ring (bicyclic) bond motifs is 5. The summed E-state index contributed by atoms with van der Waals surface area (Å²) < 4.78 is 13.0. The van der Waals surface area contributed by atoms with Crippen LogP contribution < -0.4 is 4.84 Å². The maximum absolute atomic E-state index is 13.2. The third kappa shape index (κ3) is 5.30. The van der Waals surface area contributed by atoms with E-state index in [1.54, 1.807) is 0 Å². The van der Waals surface area contributed by atoms with E-state index >= 15 is 0 Å². The fourth-order valence-corrected chi connectivity index (χ4v) is 11.4. The van der Waals surface area contributed by atoms with Gasteiger partial charge in [-0.2, -0.15) is 0 Å². The first kappa shape index (κ1) is 36.4. The highest BCUT2D eigenvalue weighted by Gasteiger charge is 2.74. The molecule has 0 saturated heterocycles. The molecule has 4 rings (SSSR count). The number of nitrogens with one attached hydrogen (secondary N) is 1. The van der Waals surface area contributed by atoms with Gasteiger partial charge >= 0.3 is 5.97 Å². The summed E-state index contributed by atoms with van der Waals surface area (Å²) in [5.41, 5.74) is -2.67. The second-order valence-electron chi connectivity index (χ2n) is 17.6. The molecule has 8 heteroatoms. The van der Waals surface area contributed by atoms with Crippen LogP contribution in [-0.2, 0) is 14.3 Å². The summed E-state index contributed by atoms with van der Waals surface area (Å²) in [6, 6.07) is -0.591. The number of hydrogen-bond acceptors (Lipinski definition) is 7. The van der Waals surface area contributed by atoms with Gasteiger partial charge in [0.05, 0.1) is 30.0 Å². The molecule has 0 heterocycles. The fourth-order valence-electron chi connectivity index (χ4n) is 11.1. The van der Waals surface area contributed by atoms with Crippen LogP contribution in [0, 0.1) is 44.8 Å². The third-order valence-electron chi connectivity index (χ3n) is 14.6. The summed E-state index contributed by atoms with van der Waals surface area (Å²) in [5.74, 6) is 0.230. The molecular formula is C36H64ClNO6. The Hall–Kier alpha value is -0.440. The lowest BCUT2D eigenvalue weighted by Crippen LogP contribution is -2.71. The molecule has 4 N–H and O–H groups in total. The van der Waals surface area contributed by atoms with Gasteiger partial charge in [0.1, 0.15) is 12.1 Å². The smallest absolute Gasteiger partial charge is 0.324 e. The van der Waals surface area contributed by atoms with Gasteiger partial charge < -0.3 is 24.8 Å². The molecule has 256 valence electrons. The molecule has 1 unspecified atom stereocenters. The van der Waals surface area contributed by atoms with Gasteiger partial charge in [-0.1, -0.05) is 75.2 Å². The Labute approximate surface area is 272 Å². The predicted octanol–water partition coefficient (Wildman–Crippen LogP) is 6.78. The van der Waals surface area contributed by atoms with Crippen molar-refractivity contribution in [3.63, 3.8) is 0 Å². The topological polar surface area (TPSA) is 108 Å². The van der Waals surface area contributed by atoms with Crippen LogP contribution in [0.1, 0.15) is 134 Å². The molecule has 0 aliphatic heterocycles. The zero-order valence-electron chi connectivity index (χ0n) is 29.5. The third-order valence-corrected chi connectivity index (χ3v) is 14.9. The first-order valence-electron chi connectivity index (χ1n) is 17.5. The summed E-state index contributed by atoms with van der Waals surface area (Å²) in [7, 11) is 0. The molecule has 4 fully saturated rings. The first-order valence-corrected chi connectivity index (χ1v) is 17.9. The quantitative estimate of drug-likeness (QED) is 0.154. The number of rotatable bonds is 10. The van der Waals surface area contributed by atoms with Crippen LogP contribution >= 0.6 is 11.8 Å². The van der Waals surface area contributed by atoms with E-state index < -0.39 is 34.7 Å². The summed E-state index contributed by atoms with van der Waals surface area (Å²) >= 11 is 5.94. The minimum absolute atomic E-state index is 0.00850. The van der Waals surface area contributed by atoms with Crippen LogP contribution in [0.2, 0.25) is 0 Å². The SMILES string of the molecule is CCCC[C@H](O[C@H]1[C@@H](O)C[C@@]2(C)[C@@H]3C[C@H](O)[C@@]4(C)C(C)(C)[C@@H](OC(=O)[C@H](NCl)C(C)C)CC[C@]4(C)C3CC[C@]12C)C(C)(C)O. The number of halogens is 1. The zero-order chi connectivity index (χ0) is 33.3. The van der Waals surface area contributed by atoms with Crippen molar-refractivity contribution in [2.75, 3.05) is 0 Å². The van der Waals surface area contributed by atoms with Crippen LogP contribution in [0.15, 0.2) is 0 Å². The second-order valence-corrected chi connectivity index (χ2v) is 17.8. The van der Waals surface area contributed by atoms with E-state index in [0.29, 0.717) is 18.8 Å². The van der Waals surface area contributed by atoms with Gasteiger partial charge in [0.15, 0.2) is 0 Å². The standard InChI is InChI=1S/C36H64ClNO6/c1-12-13-14-27(32(6,7)42)43-29-24(39)20-35(10)23-19-25(40)36(11)31(4,5)26(44-30(41)28(38-37)21(2)3)16-18-33(36,8)22(23)15-17-34(29,35)9/h21-29,38-40,42H,12-20H2,1-11H3/t22?,23-,24+,25+,26+,27+,28-,29+,33-,34-,35+,36+/m1/s1. The van der Waals surface area contributed by atoms with Crippen LogP contribution in [0.5, 0.6) is 0 Å². The van der Waals surface area contributed by atoms with Gasteiger partial charge in [-0.25, -0.2) is 4.84 Å². The lowest BCUT2D eigenvalue weighted by Gasteiger charge is -2.72. The average Bonchev–Trinajstić information content (AvgIpc) is 3.11. The van der Waals surface area contributed by atoms with Crippen molar-refractivity contribution >= 4 is 17.7 Å². The van der Waals surface area contributed by atoms with Gasteiger partial charge in [-0.05, 0) is 99.2 Å². The van der Waals surface area contributed by atoms with Gasteiger partial charge in [-0.3, -0.25) is 4.79 Å². The minimum Gasteiger partial charge on any atom is -0.461 e. The monoisotopic (exact) mass is 641 g/mol. The number of hydrogen-bond donors (Lipinski definition) is 4. The molecule has 4 saturated carbocycles. The maximum Gasteiger partial charge on any atom is 0.324 e. The molecule has 7 nitrogen and oxygen atoms in total. The molecule has 0 aromatic rings. The number of aliphatic hydroxyl groups is 3. The second kappa shape index (κ2) is 12.2. The number of carbonyl (C=O) groups excluding carboxylic acids is 1. The lowest BCUT2D eigenvalue weighted by atomic mass is 9.33. The van der Waals surface area contributed by atoms with Crippen molar-refractivity contribution in [3.05, 3.63) is 0 Å². The van der Waals surface area contributed by atoms with Crippen LogP contribution in [-0.4, -0.2) is 63.5 Å². The normalized spacial score (nSPS) is 44.8. The lowest BCUT2D eigenvalue weighted by molar-refractivity contribution is -0.289. The molecule has 44 heavy (non-hydrogen) atoms. The average molecular weight is 642 g/mol. The number of carbonyl (C=O) groups is 1. The van der Waals surface area contributed by atoms with Crippen LogP contribution in [0.25, 0.3) is 0 Å². The van der Waals surface area contributed by atoms with E-state index in [9.17, 15) is 20.1 Å². The van der Waals surface area contributed by atoms with Gasteiger partial charge in [0.25, 0.3) is 0 Å². The predicted molar refractivity (Wildman–Crippen MR) is 175 cm³/mol. The number of ether oxygens (including phenoxy) is 2. The van der Waals surface area contributed by atoms with E-state index in [-0.39, 0.29) is 52.4 Å². The molecule has 4 aliphatic rings. The Morgan fingerprint density at radius 2 is 1.61 bits per heavy atom. The summed E-state index contributed by atoms with van der Waals surface area (Å²) in [6.07, 6.45) is 5.29. The summed E-state index contributed by atoms with van der Waals surface area (Å²) in [4.78, 5) is 15.8. The minimum atomic E-state index is -1.000. The molecule has 0 bridgehead atoms. The highest BCUT2D eigenvalue weighted by atomic mass is 35.5. The van der Waals surface area contributed by atoms with E-state index in [2.05, 4.69) is 53.3 Å². The highest BCUT2D eigenvalue weighted by molar-refractivity contribution is 6.14. The van der Waals surface area contributed by atoms with Crippen LogP contribution in [0.4, 0.5) is 0 Å². The highest BCUT2D eigenvalue weighted by Crippen LogP contribution is 2.76.